The Hall–Kier alpha value is -2.57. The van der Waals surface area contributed by atoms with Crippen molar-refractivity contribution in [3.63, 3.8) is 0 Å². The number of aryl methyl sites for hydroxylation is 1. The van der Waals surface area contributed by atoms with Crippen LogP contribution in [-0.2, 0) is 24.4 Å². The number of benzene rings is 3. The summed E-state index contributed by atoms with van der Waals surface area (Å²) in [6.45, 7) is 7.25. The molecule has 2 aliphatic rings. The van der Waals surface area contributed by atoms with Crippen LogP contribution < -0.4 is 4.74 Å². The monoisotopic (exact) mass is 549 g/mol. The van der Waals surface area contributed by atoms with E-state index in [1.165, 1.54) is 16.6 Å². The lowest BCUT2D eigenvalue weighted by Crippen LogP contribution is -2.35. The first kappa shape index (κ1) is 25.7. The van der Waals surface area contributed by atoms with Gasteiger partial charge in [0.1, 0.15) is 18.2 Å². The molecule has 6 rings (SSSR count). The standard InChI is InChI=1S/C31H33Cl2N3O2/c1-21-6-9-28-29(16-21)36(18-25-12-15-37-25)31(34-28)19-35-13-10-22(11-14-35)26-4-2-3-5-30(26)38-20-23-7-8-24(32)17-27(23)33/h2-9,16-17,22,25H,10-15,18-20H2,1H3/t25-/m0/s1. The van der Waals surface area contributed by atoms with E-state index >= 15 is 0 Å². The number of likely N-dealkylation sites (tertiary alicyclic amines) is 1. The second-order valence-corrected chi connectivity index (χ2v) is 11.4. The topological polar surface area (TPSA) is 39.5 Å². The van der Waals surface area contributed by atoms with Crippen LogP contribution in [0, 0.1) is 6.92 Å². The van der Waals surface area contributed by atoms with Crippen LogP contribution in [0.1, 0.15) is 47.7 Å². The molecule has 2 fully saturated rings. The third-order valence-corrected chi connectivity index (χ3v) is 8.46. The zero-order valence-electron chi connectivity index (χ0n) is 21.7. The molecular weight excluding hydrogens is 517 g/mol. The number of ether oxygens (including phenoxy) is 2. The van der Waals surface area contributed by atoms with Crippen molar-refractivity contribution in [3.8, 4) is 5.75 Å². The summed E-state index contributed by atoms with van der Waals surface area (Å²) in [6, 6.07) is 20.5. The molecule has 0 amide bonds. The predicted molar refractivity (Wildman–Crippen MR) is 153 cm³/mol. The van der Waals surface area contributed by atoms with Gasteiger partial charge >= 0.3 is 0 Å². The molecule has 0 aliphatic carbocycles. The molecule has 198 valence electrons. The molecule has 0 radical (unpaired) electrons. The molecule has 38 heavy (non-hydrogen) atoms. The quantitative estimate of drug-likeness (QED) is 0.229. The summed E-state index contributed by atoms with van der Waals surface area (Å²) in [5, 5.41) is 1.27. The maximum Gasteiger partial charge on any atom is 0.124 e. The van der Waals surface area contributed by atoms with E-state index in [2.05, 4.69) is 52.8 Å². The first-order valence-corrected chi connectivity index (χ1v) is 14.2. The lowest BCUT2D eigenvalue weighted by atomic mass is 9.89. The van der Waals surface area contributed by atoms with Crippen molar-refractivity contribution in [2.75, 3.05) is 19.7 Å². The Morgan fingerprint density at radius 1 is 1.00 bits per heavy atom. The fraction of sp³-hybridized carbons (Fsp3) is 0.387. The molecule has 3 aromatic carbocycles. The molecule has 0 N–H and O–H groups in total. The fourth-order valence-electron chi connectivity index (χ4n) is 5.58. The SMILES string of the molecule is Cc1ccc2nc(CN3CCC(c4ccccc4OCc4ccc(Cl)cc4Cl)CC3)n(C[C@@H]3CCO3)c2c1. The first-order valence-electron chi connectivity index (χ1n) is 13.5. The fourth-order valence-corrected chi connectivity index (χ4v) is 6.05. The predicted octanol–water partition coefficient (Wildman–Crippen LogP) is 7.40. The van der Waals surface area contributed by atoms with Gasteiger partial charge in [0.05, 0.1) is 30.2 Å². The Labute approximate surface area is 234 Å². The molecule has 0 saturated carbocycles. The Balaban J connectivity index is 1.12. The summed E-state index contributed by atoms with van der Waals surface area (Å²) >= 11 is 12.4. The van der Waals surface area contributed by atoms with Gasteiger partial charge in [0.25, 0.3) is 0 Å². The van der Waals surface area contributed by atoms with Gasteiger partial charge in [0.15, 0.2) is 0 Å². The van der Waals surface area contributed by atoms with E-state index in [1.54, 1.807) is 6.07 Å². The number of hydrogen-bond donors (Lipinski definition) is 0. The van der Waals surface area contributed by atoms with Crippen LogP contribution in [0.25, 0.3) is 11.0 Å². The van der Waals surface area contributed by atoms with E-state index < -0.39 is 0 Å². The van der Waals surface area contributed by atoms with E-state index in [-0.39, 0.29) is 0 Å². The van der Waals surface area contributed by atoms with Crippen LogP contribution in [0.5, 0.6) is 5.75 Å². The van der Waals surface area contributed by atoms with Gasteiger partial charge in [0, 0.05) is 22.2 Å². The number of rotatable bonds is 8. The van der Waals surface area contributed by atoms with Crippen LogP contribution in [0.3, 0.4) is 0 Å². The van der Waals surface area contributed by atoms with Crippen molar-refractivity contribution in [1.82, 2.24) is 14.5 Å². The Morgan fingerprint density at radius 2 is 1.82 bits per heavy atom. The molecule has 3 heterocycles. The average molecular weight is 551 g/mol. The number of halogens is 2. The largest absolute Gasteiger partial charge is 0.489 e. The number of para-hydroxylation sites is 1. The molecule has 0 spiro atoms. The summed E-state index contributed by atoms with van der Waals surface area (Å²) in [5.41, 5.74) is 5.77. The van der Waals surface area contributed by atoms with Gasteiger partial charge in [-0.25, -0.2) is 4.98 Å². The van der Waals surface area contributed by atoms with Gasteiger partial charge in [-0.1, -0.05) is 53.5 Å². The summed E-state index contributed by atoms with van der Waals surface area (Å²) in [5.74, 6) is 2.55. The van der Waals surface area contributed by atoms with Crippen LogP contribution >= 0.6 is 23.2 Å². The minimum Gasteiger partial charge on any atom is -0.489 e. The van der Waals surface area contributed by atoms with Gasteiger partial charge in [-0.15, -0.1) is 0 Å². The van der Waals surface area contributed by atoms with Gasteiger partial charge in [-0.2, -0.15) is 0 Å². The molecule has 5 nitrogen and oxygen atoms in total. The molecule has 1 aromatic heterocycles. The van der Waals surface area contributed by atoms with E-state index in [9.17, 15) is 0 Å². The Kier molecular flexibility index (Phi) is 7.62. The van der Waals surface area contributed by atoms with Crippen molar-refractivity contribution in [3.05, 3.63) is 93.2 Å². The van der Waals surface area contributed by atoms with E-state index in [0.29, 0.717) is 28.7 Å². The van der Waals surface area contributed by atoms with Crippen molar-refractivity contribution in [2.45, 2.75) is 57.9 Å². The number of piperidine rings is 1. The molecular formula is C31H33Cl2N3O2. The first-order chi connectivity index (χ1) is 18.5. The van der Waals surface area contributed by atoms with Gasteiger partial charge in [0.2, 0.25) is 0 Å². The maximum atomic E-state index is 6.37. The second-order valence-electron chi connectivity index (χ2n) is 10.5. The highest BCUT2D eigenvalue weighted by molar-refractivity contribution is 6.35. The van der Waals surface area contributed by atoms with Crippen LogP contribution in [0.4, 0.5) is 0 Å². The second kappa shape index (κ2) is 11.3. The molecule has 1 atom stereocenters. The van der Waals surface area contributed by atoms with Gasteiger partial charge < -0.3 is 14.0 Å². The van der Waals surface area contributed by atoms with Crippen LogP contribution in [0.2, 0.25) is 10.0 Å². The van der Waals surface area contributed by atoms with Crippen LogP contribution in [-0.4, -0.2) is 40.3 Å². The summed E-state index contributed by atoms with van der Waals surface area (Å²) in [6.07, 6.45) is 3.61. The smallest absolute Gasteiger partial charge is 0.124 e. The minimum absolute atomic E-state index is 0.302. The van der Waals surface area contributed by atoms with Gasteiger partial charge in [-0.05, 0) is 86.7 Å². The Morgan fingerprint density at radius 3 is 2.58 bits per heavy atom. The van der Waals surface area contributed by atoms with Crippen LogP contribution in [0.15, 0.2) is 60.7 Å². The van der Waals surface area contributed by atoms with E-state index in [0.717, 1.165) is 74.7 Å². The highest BCUT2D eigenvalue weighted by Gasteiger charge is 2.26. The molecule has 2 saturated heterocycles. The lowest BCUT2D eigenvalue weighted by molar-refractivity contribution is -0.0592. The highest BCUT2D eigenvalue weighted by atomic mass is 35.5. The lowest BCUT2D eigenvalue weighted by Gasteiger charge is -2.33. The summed E-state index contributed by atoms with van der Waals surface area (Å²) in [7, 11) is 0. The summed E-state index contributed by atoms with van der Waals surface area (Å²) < 4.78 is 14.4. The third-order valence-electron chi connectivity index (χ3n) is 7.87. The van der Waals surface area contributed by atoms with Gasteiger partial charge in [-0.3, -0.25) is 4.90 Å². The van der Waals surface area contributed by atoms with Crippen molar-refractivity contribution in [2.24, 2.45) is 0 Å². The summed E-state index contributed by atoms with van der Waals surface area (Å²) in [4.78, 5) is 7.58. The Bertz CT molecular complexity index is 1420. The minimum atomic E-state index is 0.302. The zero-order chi connectivity index (χ0) is 26.1. The molecule has 0 unspecified atom stereocenters. The number of fused-ring (bicyclic) bond motifs is 1. The third kappa shape index (κ3) is 5.57. The molecule has 4 aromatic rings. The molecule has 0 bridgehead atoms. The average Bonchev–Trinajstić information content (AvgIpc) is 3.22. The zero-order valence-corrected chi connectivity index (χ0v) is 23.2. The normalized spacial score (nSPS) is 18.6. The molecule has 7 heteroatoms. The number of aromatic nitrogens is 2. The van der Waals surface area contributed by atoms with Crippen molar-refractivity contribution >= 4 is 34.2 Å². The number of imidazole rings is 1. The number of nitrogens with zero attached hydrogens (tertiary/aromatic N) is 3. The van der Waals surface area contributed by atoms with E-state index in [1.807, 2.05) is 18.2 Å². The van der Waals surface area contributed by atoms with Crippen molar-refractivity contribution in [1.29, 1.82) is 0 Å². The van der Waals surface area contributed by atoms with Crippen molar-refractivity contribution < 1.29 is 9.47 Å². The maximum absolute atomic E-state index is 6.37. The van der Waals surface area contributed by atoms with E-state index in [4.69, 9.17) is 37.7 Å². The highest BCUT2D eigenvalue weighted by Crippen LogP contribution is 2.35. The molecule has 2 aliphatic heterocycles. The number of hydrogen-bond acceptors (Lipinski definition) is 4.